The lowest BCUT2D eigenvalue weighted by Crippen LogP contribution is -2.10. The number of ether oxygens (including phenoxy) is 1. The number of allylic oxidation sites excluding steroid dienone is 1. The molecule has 0 radical (unpaired) electrons. The number of methoxy groups -OCH3 is 1. The van der Waals surface area contributed by atoms with Crippen LogP contribution >= 0.6 is 11.6 Å². The zero-order valence-corrected chi connectivity index (χ0v) is 10.5. The van der Waals surface area contributed by atoms with Gasteiger partial charge in [-0.2, -0.15) is 0 Å². The van der Waals surface area contributed by atoms with Gasteiger partial charge in [-0.05, 0) is 36.1 Å². The quantitative estimate of drug-likeness (QED) is 0.819. The van der Waals surface area contributed by atoms with Crippen LogP contribution in [0.2, 0.25) is 5.15 Å². The second-order valence-electron chi connectivity index (χ2n) is 4.64. The third kappa shape index (κ3) is 1.83. The highest BCUT2D eigenvalue weighted by Crippen LogP contribution is 2.41. The van der Waals surface area contributed by atoms with E-state index in [1.54, 1.807) is 7.11 Å². The number of hydrogen-bond acceptors (Lipinski definition) is 3. The minimum atomic E-state index is 0.427. The van der Waals surface area contributed by atoms with Crippen molar-refractivity contribution in [2.75, 3.05) is 20.2 Å². The molecule has 3 rings (SSSR count). The number of hydrogen-bond donors (Lipinski definition) is 1. The molecule has 0 amide bonds. The van der Waals surface area contributed by atoms with Gasteiger partial charge in [-0.25, -0.2) is 4.98 Å². The van der Waals surface area contributed by atoms with Gasteiger partial charge in [-0.15, -0.1) is 0 Å². The van der Waals surface area contributed by atoms with E-state index in [9.17, 15) is 0 Å². The number of nitrogens with one attached hydrogen (secondary N) is 1. The number of pyridine rings is 1. The van der Waals surface area contributed by atoms with Crippen LogP contribution in [-0.2, 0) is 0 Å². The lowest BCUT2D eigenvalue weighted by atomic mass is 9.91. The van der Waals surface area contributed by atoms with Crippen molar-refractivity contribution in [3.8, 4) is 5.75 Å². The monoisotopic (exact) mass is 250 g/mol. The predicted octanol–water partition coefficient (Wildman–Crippen LogP) is 2.37. The molecule has 0 bridgehead atoms. The highest BCUT2D eigenvalue weighted by molar-refractivity contribution is 6.30. The van der Waals surface area contributed by atoms with Gasteiger partial charge in [0.1, 0.15) is 0 Å². The van der Waals surface area contributed by atoms with E-state index < -0.39 is 0 Å². The summed E-state index contributed by atoms with van der Waals surface area (Å²) in [5.41, 5.74) is 2.53. The van der Waals surface area contributed by atoms with E-state index >= 15 is 0 Å². The minimum absolute atomic E-state index is 0.427. The Labute approximate surface area is 106 Å². The van der Waals surface area contributed by atoms with Gasteiger partial charge in [0.05, 0.1) is 7.11 Å². The number of halogens is 1. The second-order valence-corrected chi connectivity index (χ2v) is 5.00. The molecule has 2 heterocycles. The maximum absolute atomic E-state index is 5.95. The Balaban J connectivity index is 1.94. The Kier molecular flexibility index (Phi) is 2.81. The topological polar surface area (TPSA) is 34.1 Å². The van der Waals surface area contributed by atoms with Crippen molar-refractivity contribution in [3.63, 3.8) is 0 Å². The van der Waals surface area contributed by atoms with Crippen LogP contribution in [0.1, 0.15) is 12.0 Å². The van der Waals surface area contributed by atoms with Gasteiger partial charge in [-0.1, -0.05) is 17.7 Å². The van der Waals surface area contributed by atoms with Crippen LogP contribution < -0.4 is 10.1 Å². The molecule has 2 aliphatic rings. The van der Waals surface area contributed by atoms with Gasteiger partial charge >= 0.3 is 0 Å². The molecule has 1 saturated heterocycles. The Morgan fingerprint density at radius 2 is 2.35 bits per heavy atom. The van der Waals surface area contributed by atoms with E-state index in [1.807, 2.05) is 12.3 Å². The minimum Gasteiger partial charge on any atom is -0.494 e. The molecule has 0 spiro atoms. The van der Waals surface area contributed by atoms with E-state index in [1.165, 1.54) is 5.57 Å². The van der Waals surface area contributed by atoms with Crippen molar-refractivity contribution < 1.29 is 4.74 Å². The Morgan fingerprint density at radius 3 is 3.18 bits per heavy atom. The van der Waals surface area contributed by atoms with Gasteiger partial charge in [0.2, 0.25) is 0 Å². The molecule has 0 saturated carbocycles. The van der Waals surface area contributed by atoms with Gasteiger partial charge in [-0.3, -0.25) is 0 Å². The fourth-order valence-corrected chi connectivity index (χ4v) is 3.02. The fraction of sp³-hybridized carbons (Fsp3) is 0.462. The van der Waals surface area contributed by atoms with Crippen molar-refractivity contribution >= 4 is 17.2 Å². The molecular formula is C13H15ClN2O. The van der Waals surface area contributed by atoms with Crippen LogP contribution in [0, 0.1) is 11.8 Å². The maximum Gasteiger partial charge on any atom is 0.171 e. The van der Waals surface area contributed by atoms with Crippen LogP contribution in [0.15, 0.2) is 18.3 Å². The Morgan fingerprint density at radius 1 is 1.47 bits per heavy atom. The average molecular weight is 251 g/mol. The van der Waals surface area contributed by atoms with Crippen molar-refractivity contribution in [1.82, 2.24) is 10.3 Å². The third-order valence-corrected chi connectivity index (χ3v) is 4.02. The van der Waals surface area contributed by atoms with Crippen LogP contribution in [0.25, 0.3) is 5.57 Å². The second kappa shape index (κ2) is 4.31. The molecule has 0 aromatic carbocycles. The van der Waals surface area contributed by atoms with Crippen LogP contribution in [0.5, 0.6) is 5.75 Å². The average Bonchev–Trinajstić information content (AvgIpc) is 2.92. The summed E-state index contributed by atoms with van der Waals surface area (Å²) in [6.07, 6.45) is 5.34. The summed E-state index contributed by atoms with van der Waals surface area (Å²) < 4.78 is 5.22. The van der Waals surface area contributed by atoms with Gasteiger partial charge in [0.25, 0.3) is 0 Å². The number of aromatic nitrogens is 1. The molecule has 0 unspecified atom stereocenters. The van der Waals surface area contributed by atoms with Crippen molar-refractivity contribution in [1.29, 1.82) is 0 Å². The molecule has 1 fully saturated rings. The van der Waals surface area contributed by atoms with E-state index in [2.05, 4.69) is 16.4 Å². The first kappa shape index (κ1) is 11.1. The summed E-state index contributed by atoms with van der Waals surface area (Å²) in [5, 5.41) is 3.87. The molecule has 1 aromatic rings. The molecule has 1 aliphatic heterocycles. The van der Waals surface area contributed by atoms with Crippen LogP contribution in [0.4, 0.5) is 0 Å². The van der Waals surface area contributed by atoms with Crippen LogP contribution in [0.3, 0.4) is 0 Å². The first-order chi connectivity index (χ1) is 8.29. The van der Waals surface area contributed by atoms with Crippen molar-refractivity contribution in [3.05, 3.63) is 29.1 Å². The van der Waals surface area contributed by atoms with E-state index in [0.717, 1.165) is 31.0 Å². The molecule has 90 valence electrons. The van der Waals surface area contributed by atoms with Gasteiger partial charge < -0.3 is 10.1 Å². The standard InChI is InChI=1S/C13H15ClN2O/c1-17-12-4-9(6-16-13(12)14)10-3-2-8-5-15-7-11(8)10/h3-4,6,8,11,15H,2,5,7H2,1H3/t8-,11+/m1/s1. The molecule has 1 aromatic heterocycles. The van der Waals surface area contributed by atoms with Crippen molar-refractivity contribution in [2.45, 2.75) is 6.42 Å². The number of nitrogens with zero attached hydrogens (tertiary/aromatic N) is 1. The Hall–Kier alpha value is -1.06. The number of rotatable bonds is 2. The molecule has 1 aliphatic carbocycles. The normalized spacial score (nSPS) is 26.8. The lowest BCUT2D eigenvalue weighted by Gasteiger charge is -2.14. The van der Waals surface area contributed by atoms with Gasteiger partial charge in [0, 0.05) is 18.7 Å². The maximum atomic E-state index is 5.95. The molecule has 4 heteroatoms. The summed E-state index contributed by atoms with van der Waals surface area (Å²) in [7, 11) is 1.62. The smallest absolute Gasteiger partial charge is 0.171 e. The third-order valence-electron chi connectivity index (χ3n) is 3.74. The van der Waals surface area contributed by atoms with Crippen LogP contribution in [-0.4, -0.2) is 25.2 Å². The summed E-state index contributed by atoms with van der Waals surface area (Å²) in [6.45, 7) is 2.20. The highest BCUT2D eigenvalue weighted by Gasteiger charge is 2.34. The molecule has 17 heavy (non-hydrogen) atoms. The SMILES string of the molecule is COc1cc(C2=CC[C@@H]3CNC[C@H]23)cnc1Cl. The number of fused-ring (bicyclic) bond motifs is 1. The fourth-order valence-electron chi connectivity index (χ4n) is 2.84. The van der Waals surface area contributed by atoms with E-state index in [4.69, 9.17) is 16.3 Å². The Bertz CT molecular complexity index is 472. The lowest BCUT2D eigenvalue weighted by molar-refractivity contribution is 0.413. The van der Waals surface area contributed by atoms with E-state index in [-0.39, 0.29) is 0 Å². The largest absolute Gasteiger partial charge is 0.494 e. The highest BCUT2D eigenvalue weighted by atomic mass is 35.5. The van der Waals surface area contributed by atoms with E-state index in [0.29, 0.717) is 16.8 Å². The molecule has 2 atom stereocenters. The van der Waals surface area contributed by atoms with Crippen molar-refractivity contribution in [2.24, 2.45) is 11.8 Å². The molecular weight excluding hydrogens is 236 g/mol. The zero-order chi connectivity index (χ0) is 11.8. The summed E-state index contributed by atoms with van der Waals surface area (Å²) in [4.78, 5) is 4.19. The first-order valence-corrected chi connectivity index (χ1v) is 6.28. The summed E-state index contributed by atoms with van der Waals surface area (Å²) >= 11 is 5.95. The molecule has 3 nitrogen and oxygen atoms in total. The summed E-state index contributed by atoms with van der Waals surface area (Å²) in [5.74, 6) is 2.04. The zero-order valence-electron chi connectivity index (χ0n) is 9.74. The summed E-state index contributed by atoms with van der Waals surface area (Å²) in [6, 6.07) is 1.99. The predicted molar refractivity (Wildman–Crippen MR) is 68.2 cm³/mol. The first-order valence-electron chi connectivity index (χ1n) is 5.90. The molecule has 1 N–H and O–H groups in total. The van der Waals surface area contributed by atoms with Gasteiger partial charge in [0.15, 0.2) is 10.9 Å².